The third-order valence-corrected chi connectivity index (χ3v) is 8.63. The summed E-state index contributed by atoms with van der Waals surface area (Å²) in [6.45, 7) is 14.7. The number of hydrogen-bond donors (Lipinski definition) is 1. The normalized spacial score (nSPS) is 24.3. The van der Waals surface area contributed by atoms with E-state index in [9.17, 15) is 10.1 Å². The zero-order valence-electron chi connectivity index (χ0n) is 25.2. The summed E-state index contributed by atoms with van der Waals surface area (Å²) in [5.74, 6) is 0.933. The van der Waals surface area contributed by atoms with Crippen LogP contribution in [0.3, 0.4) is 0 Å². The Morgan fingerprint density at radius 1 is 1.19 bits per heavy atom. The molecule has 2 aromatic carbocycles. The molecule has 1 N–H and O–H groups in total. The third kappa shape index (κ3) is 5.56. The van der Waals surface area contributed by atoms with Gasteiger partial charge in [0.05, 0.1) is 22.7 Å². The van der Waals surface area contributed by atoms with Crippen molar-refractivity contribution in [2.24, 2.45) is 0 Å². The lowest BCUT2D eigenvalue weighted by atomic mass is 10.0. The maximum atomic E-state index is 12.5. The molecule has 42 heavy (non-hydrogen) atoms. The highest BCUT2D eigenvalue weighted by molar-refractivity contribution is 5.95. The molecule has 3 atom stereocenters. The molecule has 0 radical (unpaired) electrons. The van der Waals surface area contributed by atoms with Crippen LogP contribution in [0.5, 0.6) is 5.75 Å². The van der Waals surface area contributed by atoms with Crippen molar-refractivity contribution in [3.63, 3.8) is 0 Å². The Kier molecular flexibility index (Phi) is 7.14. The number of carbonyl (C=O) groups is 1. The number of aromatic nitrogens is 1. The number of pyridine rings is 1. The van der Waals surface area contributed by atoms with Crippen LogP contribution in [0.4, 0.5) is 16.2 Å². The van der Waals surface area contributed by atoms with Crippen molar-refractivity contribution < 1.29 is 14.3 Å². The van der Waals surface area contributed by atoms with Gasteiger partial charge in [-0.25, -0.2) is 4.79 Å². The van der Waals surface area contributed by atoms with Crippen molar-refractivity contribution in [2.75, 3.05) is 42.6 Å². The number of nitriles is 1. The second-order valence-corrected chi connectivity index (χ2v) is 13.2. The highest BCUT2D eigenvalue weighted by Crippen LogP contribution is 2.36. The summed E-state index contributed by atoms with van der Waals surface area (Å²) in [6.07, 6.45) is 2.22. The van der Waals surface area contributed by atoms with Gasteiger partial charge in [0.2, 0.25) is 0 Å². The number of anilines is 2. The zero-order chi connectivity index (χ0) is 29.6. The van der Waals surface area contributed by atoms with E-state index in [2.05, 4.69) is 75.2 Å². The molecule has 0 aliphatic carbocycles. The molecule has 2 fully saturated rings. The minimum atomic E-state index is -0.526. The van der Waals surface area contributed by atoms with Gasteiger partial charge in [-0.15, -0.1) is 0 Å². The number of fused-ring (bicyclic) bond motifs is 3. The summed E-state index contributed by atoms with van der Waals surface area (Å²) >= 11 is 0. The van der Waals surface area contributed by atoms with Crippen LogP contribution in [-0.2, 0) is 11.3 Å². The van der Waals surface area contributed by atoms with Gasteiger partial charge < -0.3 is 24.6 Å². The van der Waals surface area contributed by atoms with Crippen LogP contribution in [0, 0.1) is 11.3 Å². The predicted molar refractivity (Wildman–Crippen MR) is 164 cm³/mol. The van der Waals surface area contributed by atoms with Gasteiger partial charge in [-0.2, -0.15) is 5.26 Å². The molecular weight excluding hydrogens is 528 g/mol. The molecule has 0 saturated carbocycles. The van der Waals surface area contributed by atoms with Gasteiger partial charge in [0.15, 0.2) is 0 Å². The van der Waals surface area contributed by atoms with Gasteiger partial charge in [-0.1, -0.05) is 6.07 Å². The van der Waals surface area contributed by atoms with Crippen molar-refractivity contribution in [1.82, 2.24) is 15.2 Å². The fourth-order valence-corrected chi connectivity index (χ4v) is 6.59. The van der Waals surface area contributed by atoms with E-state index in [4.69, 9.17) is 9.47 Å². The molecule has 0 unspecified atom stereocenters. The second-order valence-electron chi connectivity index (χ2n) is 13.2. The van der Waals surface area contributed by atoms with E-state index in [0.29, 0.717) is 24.8 Å². The number of hydrogen-bond acceptors (Lipinski definition) is 8. The lowest BCUT2D eigenvalue weighted by Crippen LogP contribution is -2.58. The molecule has 3 aromatic rings. The minimum absolute atomic E-state index is 0.222. The van der Waals surface area contributed by atoms with Crippen molar-refractivity contribution in [1.29, 1.82) is 5.26 Å². The quantitative estimate of drug-likeness (QED) is 0.468. The van der Waals surface area contributed by atoms with E-state index >= 15 is 0 Å². The monoisotopic (exact) mass is 568 g/mol. The summed E-state index contributed by atoms with van der Waals surface area (Å²) in [5.41, 5.74) is 3.89. The summed E-state index contributed by atoms with van der Waals surface area (Å²) < 4.78 is 12.0. The second kappa shape index (κ2) is 10.7. The number of piperazine rings is 1. The smallest absolute Gasteiger partial charge is 0.408 e. The highest BCUT2D eigenvalue weighted by Gasteiger charge is 2.38. The van der Waals surface area contributed by atoms with E-state index in [0.717, 1.165) is 60.6 Å². The van der Waals surface area contributed by atoms with Crippen molar-refractivity contribution in [3.8, 4) is 11.8 Å². The van der Waals surface area contributed by atoms with Crippen molar-refractivity contribution >= 4 is 28.4 Å². The maximum Gasteiger partial charge on any atom is 0.408 e. The predicted octanol–water partition coefficient (Wildman–Crippen LogP) is 5.07. The number of carbonyl (C=O) groups excluding carboxylic acids is 1. The SMILES string of the molecule is C[C@H]1CN(c2ccc(C#N)c3ncccc23)C[C@H]2COc3cc(N4CC[C@](C)(NC(=O)OC(C)(C)C)C4)ccc3CN21. The highest BCUT2D eigenvalue weighted by atomic mass is 16.6. The van der Waals surface area contributed by atoms with Crippen molar-refractivity contribution in [3.05, 3.63) is 59.8 Å². The molecule has 9 nitrogen and oxygen atoms in total. The average Bonchev–Trinajstić information content (AvgIpc) is 3.22. The van der Waals surface area contributed by atoms with E-state index in [1.54, 1.807) is 6.20 Å². The molecule has 9 heteroatoms. The van der Waals surface area contributed by atoms with Crippen LogP contribution < -0.4 is 19.9 Å². The van der Waals surface area contributed by atoms with Crippen LogP contribution in [0.1, 0.15) is 52.2 Å². The van der Waals surface area contributed by atoms with Crippen LogP contribution in [-0.4, -0.2) is 72.0 Å². The fraction of sp³-hybridized carbons (Fsp3) is 0.485. The Labute approximate surface area is 248 Å². The topological polar surface area (TPSA) is 94.0 Å². The van der Waals surface area contributed by atoms with E-state index in [1.165, 1.54) is 5.56 Å². The third-order valence-electron chi connectivity index (χ3n) is 8.63. The molecular formula is C33H40N6O3. The minimum Gasteiger partial charge on any atom is -0.491 e. The van der Waals surface area contributed by atoms with E-state index < -0.39 is 5.60 Å². The molecule has 2 saturated heterocycles. The van der Waals surface area contributed by atoms with Gasteiger partial charge in [0.25, 0.3) is 0 Å². The molecule has 1 aromatic heterocycles. The number of benzene rings is 2. The number of ether oxygens (including phenoxy) is 2. The molecule has 0 spiro atoms. The largest absolute Gasteiger partial charge is 0.491 e. The van der Waals surface area contributed by atoms with Crippen LogP contribution >= 0.6 is 0 Å². The first-order chi connectivity index (χ1) is 20.0. The first-order valence-electron chi connectivity index (χ1n) is 14.8. The Balaban J connectivity index is 1.16. The molecule has 0 bridgehead atoms. The summed E-state index contributed by atoms with van der Waals surface area (Å²) in [7, 11) is 0. The number of alkyl carbamates (subject to hydrolysis) is 1. The Morgan fingerprint density at radius 2 is 2.02 bits per heavy atom. The lowest BCUT2D eigenvalue weighted by molar-refractivity contribution is 0.0473. The van der Waals surface area contributed by atoms with Gasteiger partial charge in [-0.05, 0) is 71.4 Å². The molecule has 6 rings (SSSR count). The standard InChI is InChI=1S/C33H40N6O3/c1-22-17-38(28-11-9-23(16-34)30-27(28)7-6-13-35-30)19-26-20-41-29-15-25(10-8-24(29)18-39(22)26)37-14-12-33(5,21-37)36-31(40)42-32(2,3)4/h6-11,13,15,22,26H,12,14,17-21H2,1-5H3,(H,36,40)/t22-,26-,33-/m0/s1. The fourth-order valence-electron chi connectivity index (χ4n) is 6.59. The van der Waals surface area contributed by atoms with Gasteiger partial charge in [0, 0.05) is 73.4 Å². The Morgan fingerprint density at radius 3 is 2.81 bits per heavy atom. The van der Waals surface area contributed by atoms with E-state index in [-0.39, 0.29) is 17.7 Å². The van der Waals surface area contributed by atoms with Gasteiger partial charge in [0.1, 0.15) is 24.0 Å². The van der Waals surface area contributed by atoms with Gasteiger partial charge in [-0.3, -0.25) is 9.88 Å². The average molecular weight is 569 g/mol. The molecule has 1 amide bonds. The summed E-state index contributed by atoms with van der Waals surface area (Å²) in [6, 6.07) is 17.3. The molecule has 3 aliphatic heterocycles. The number of nitrogens with one attached hydrogen (secondary N) is 1. The number of amides is 1. The van der Waals surface area contributed by atoms with E-state index in [1.807, 2.05) is 32.9 Å². The van der Waals surface area contributed by atoms with Crippen LogP contribution in [0.2, 0.25) is 0 Å². The first kappa shape index (κ1) is 28.1. The van der Waals surface area contributed by atoms with Gasteiger partial charge >= 0.3 is 6.09 Å². The lowest BCUT2D eigenvalue weighted by Gasteiger charge is -2.45. The molecule has 3 aliphatic rings. The number of rotatable bonds is 3. The summed E-state index contributed by atoms with van der Waals surface area (Å²) in [5, 5.41) is 13.7. The Hall–Kier alpha value is -4.03. The van der Waals surface area contributed by atoms with Crippen molar-refractivity contribution in [2.45, 2.75) is 70.8 Å². The molecule has 4 heterocycles. The van der Waals surface area contributed by atoms with Crippen LogP contribution in [0.25, 0.3) is 10.9 Å². The molecule has 220 valence electrons. The zero-order valence-corrected chi connectivity index (χ0v) is 25.2. The number of nitrogens with zero attached hydrogens (tertiary/aromatic N) is 5. The first-order valence-corrected chi connectivity index (χ1v) is 14.8. The Bertz CT molecular complexity index is 1550. The maximum absolute atomic E-state index is 12.5. The van der Waals surface area contributed by atoms with Crippen LogP contribution in [0.15, 0.2) is 48.7 Å². The summed E-state index contributed by atoms with van der Waals surface area (Å²) in [4.78, 5) is 24.3.